The predicted octanol–water partition coefficient (Wildman–Crippen LogP) is 4.87. The number of nitrogens with two attached hydrogens (primary N) is 1. The number of thiophene rings is 1. The first-order valence-electron chi connectivity index (χ1n) is 7.31. The molecule has 0 aliphatic carbocycles. The Bertz CT molecular complexity index is 538. The molecule has 4 heteroatoms. The fraction of sp³-hybridized carbons (Fsp3) is 0.412. The molecule has 2 aromatic rings. The van der Waals surface area contributed by atoms with Crippen LogP contribution < -0.4 is 5.73 Å². The lowest BCUT2D eigenvalue weighted by atomic mass is 9.99. The van der Waals surface area contributed by atoms with Crippen LogP contribution in [-0.4, -0.2) is 18.0 Å². The molecular weight excluding hydrogens is 300 g/mol. The van der Waals surface area contributed by atoms with Crippen molar-refractivity contribution in [3.05, 3.63) is 57.2 Å². The van der Waals surface area contributed by atoms with Gasteiger partial charge in [-0.05, 0) is 49.5 Å². The van der Waals surface area contributed by atoms with Crippen molar-refractivity contribution < 1.29 is 0 Å². The van der Waals surface area contributed by atoms with E-state index < -0.39 is 0 Å². The molecule has 3 atom stereocenters. The highest BCUT2D eigenvalue weighted by Gasteiger charge is 2.27. The van der Waals surface area contributed by atoms with Crippen molar-refractivity contribution in [3.63, 3.8) is 0 Å². The summed E-state index contributed by atoms with van der Waals surface area (Å²) in [6.45, 7) is 4.36. The van der Waals surface area contributed by atoms with E-state index in [9.17, 15) is 0 Å². The van der Waals surface area contributed by atoms with Crippen LogP contribution in [-0.2, 0) is 0 Å². The van der Waals surface area contributed by atoms with E-state index in [1.54, 1.807) is 11.3 Å². The van der Waals surface area contributed by atoms with Crippen LogP contribution in [0.3, 0.4) is 0 Å². The second-order valence-electron chi connectivity index (χ2n) is 5.43. The molecule has 1 aromatic carbocycles. The van der Waals surface area contributed by atoms with Crippen LogP contribution in [0.15, 0.2) is 41.8 Å². The Kier molecular flexibility index (Phi) is 5.82. The molecule has 0 amide bonds. The molecule has 1 aromatic heterocycles. The molecule has 1 heterocycles. The minimum Gasteiger partial charge on any atom is -0.326 e. The van der Waals surface area contributed by atoms with Gasteiger partial charge in [-0.25, -0.2) is 0 Å². The van der Waals surface area contributed by atoms with Gasteiger partial charge in [-0.3, -0.25) is 4.90 Å². The first-order chi connectivity index (χ1) is 10.0. The van der Waals surface area contributed by atoms with Crippen molar-refractivity contribution in [1.29, 1.82) is 0 Å². The molecular formula is C17H23ClN2S. The fourth-order valence-electron chi connectivity index (χ4n) is 2.61. The maximum absolute atomic E-state index is 6.39. The Labute approximate surface area is 136 Å². The lowest BCUT2D eigenvalue weighted by Crippen LogP contribution is -2.39. The number of hydrogen-bond donors (Lipinski definition) is 1. The van der Waals surface area contributed by atoms with Gasteiger partial charge in [-0.2, -0.15) is 0 Å². The Hall–Kier alpha value is -0.870. The highest BCUT2D eigenvalue weighted by Crippen LogP contribution is 2.34. The zero-order valence-corrected chi connectivity index (χ0v) is 14.4. The summed E-state index contributed by atoms with van der Waals surface area (Å²) < 4.78 is 0. The van der Waals surface area contributed by atoms with Crippen LogP contribution >= 0.6 is 22.9 Å². The average molecular weight is 323 g/mol. The van der Waals surface area contributed by atoms with Crippen LogP contribution in [0.1, 0.15) is 42.8 Å². The van der Waals surface area contributed by atoms with Crippen molar-refractivity contribution in [3.8, 4) is 0 Å². The Morgan fingerprint density at radius 1 is 1.24 bits per heavy atom. The van der Waals surface area contributed by atoms with Gasteiger partial charge >= 0.3 is 0 Å². The number of nitrogens with zero attached hydrogens (tertiary/aromatic N) is 1. The van der Waals surface area contributed by atoms with E-state index in [4.69, 9.17) is 17.3 Å². The van der Waals surface area contributed by atoms with E-state index in [0.29, 0.717) is 0 Å². The second kappa shape index (κ2) is 7.41. The third kappa shape index (κ3) is 3.86. The molecule has 0 saturated carbocycles. The third-order valence-electron chi connectivity index (χ3n) is 4.11. The number of hydrogen-bond acceptors (Lipinski definition) is 3. The van der Waals surface area contributed by atoms with Gasteiger partial charge in [-0.15, -0.1) is 11.3 Å². The first-order valence-corrected chi connectivity index (χ1v) is 8.56. The summed E-state index contributed by atoms with van der Waals surface area (Å²) in [4.78, 5) is 3.69. The van der Waals surface area contributed by atoms with Crippen molar-refractivity contribution >= 4 is 22.9 Å². The molecule has 0 bridgehead atoms. The third-order valence-corrected chi connectivity index (χ3v) is 5.31. The van der Waals surface area contributed by atoms with Crippen LogP contribution in [0.4, 0.5) is 0 Å². The van der Waals surface area contributed by atoms with E-state index in [0.717, 1.165) is 11.4 Å². The Balaban J connectivity index is 2.25. The highest BCUT2D eigenvalue weighted by molar-refractivity contribution is 7.10. The Morgan fingerprint density at radius 2 is 1.90 bits per heavy atom. The molecule has 2 N–H and O–H groups in total. The molecule has 0 aliphatic heterocycles. The fourth-order valence-corrected chi connectivity index (χ4v) is 3.69. The zero-order chi connectivity index (χ0) is 15.4. The van der Waals surface area contributed by atoms with Gasteiger partial charge in [0.05, 0.1) is 6.04 Å². The quantitative estimate of drug-likeness (QED) is 0.821. The minimum absolute atomic E-state index is 0.128. The van der Waals surface area contributed by atoms with Gasteiger partial charge in [0.15, 0.2) is 0 Å². The molecule has 2 nitrogen and oxygen atoms in total. The van der Waals surface area contributed by atoms with E-state index in [1.807, 2.05) is 12.1 Å². The van der Waals surface area contributed by atoms with Gasteiger partial charge in [0.2, 0.25) is 0 Å². The average Bonchev–Trinajstić information content (AvgIpc) is 3.01. The number of likely N-dealkylation sites (N-methyl/N-ethyl adjacent to an activating group) is 1. The summed E-state index contributed by atoms with van der Waals surface area (Å²) in [7, 11) is 2.15. The largest absolute Gasteiger partial charge is 0.326 e. The smallest absolute Gasteiger partial charge is 0.0595 e. The number of halogens is 1. The van der Waals surface area contributed by atoms with Gasteiger partial charge in [0.25, 0.3) is 0 Å². The monoisotopic (exact) mass is 322 g/mol. The van der Waals surface area contributed by atoms with E-state index in [1.165, 1.54) is 10.4 Å². The minimum atomic E-state index is 0.128. The van der Waals surface area contributed by atoms with Crippen LogP contribution in [0.5, 0.6) is 0 Å². The molecule has 0 saturated heterocycles. The van der Waals surface area contributed by atoms with Gasteiger partial charge in [0.1, 0.15) is 0 Å². The lowest BCUT2D eigenvalue weighted by molar-refractivity contribution is 0.161. The summed E-state index contributed by atoms with van der Waals surface area (Å²) in [6.07, 6.45) is 0.959. The summed E-state index contributed by atoms with van der Waals surface area (Å²) >= 11 is 7.76. The number of rotatable bonds is 6. The zero-order valence-electron chi connectivity index (χ0n) is 12.8. The highest BCUT2D eigenvalue weighted by atomic mass is 35.5. The SMILES string of the molecule is CCC(N)C(c1cccs1)N(C)C(C)c1ccc(Cl)cc1. The molecule has 2 rings (SSSR count). The van der Waals surface area contributed by atoms with Crippen molar-refractivity contribution in [2.75, 3.05) is 7.05 Å². The van der Waals surface area contributed by atoms with Gasteiger partial charge < -0.3 is 5.73 Å². The summed E-state index contributed by atoms with van der Waals surface area (Å²) in [6, 6.07) is 13.0. The molecule has 0 radical (unpaired) electrons. The molecule has 0 aliphatic rings. The predicted molar refractivity (Wildman–Crippen MR) is 93.0 cm³/mol. The van der Waals surface area contributed by atoms with Crippen LogP contribution in [0, 0.1) is 0 Å². The molecule has 0 fully saturated rings. The summed E-state index contributed by atoms with van der Waals surface area (Å²) in [5.41, 5.74) is 7.65. The topological polar surface area (TPSA) is 29.3 Å². The maximum Gasteiger partial charge on any atom is 0.0595 e. The van der Waals surface area contributed by atoms with Crippen LogP contribution in [0.25, 0.3) is 0 Å². The van der Waals surface area contributed by atoms with Gasteiger partial charge in [0, 0.05) is 22.0 Å². The summed E-state index contributed by atoms with van der Waals surface area (Å²) in [5.74, 6) is 0. The van der Waals surface area contributed by atoms with E-state index in [2.05, 4.69) is 55.4 Å². The first kappa shape index (κ1) is 16.5. The van der Waals surface area contributed by atoms with E-state index in [-0.39, 0.29) is 18.1 Å². The standard InChI is InChI=1S/C17H23ClN2S/c1-4-15(19)17(16-6-5-11-21-16)20(3)12(2)13-7-9-14(18)10-8-13/h5-12,15,17H,4,19H2,1-3H3. The molecule has 3 unspecified atom stereocenters. The van der Waals surface area contributed by atoms with Crippen LogP contribution in [0.2, 0.25) is 5.02 Å². The van der Waals surface area contributed by atoms with Crippen molar-refractivity contribution in [2.45, 2.75) is 38.4 Å². The van der Waals surface area contributed by atoms with Crippen molar-refractivity contribution in [1.82, 2.24) is 4.90 Å². The molecule has 21 heavy (non-hydrogen) atoms. The molecule has 114 valence electrons. The molecule has 0 spiro atoms. The number of benzene rings is 1. The second-order valence-corrected chi connectivity index (χ2v) is 6.84. The normalized spacial score (nSPS) is 15.9. The van der Waals surface area contributed by atoms with Crippen molar-refractivity contribution in [2.24, 2.45) is 5.73 Å². The lowest BCUT2D eigenvalue weighted by Gasteiger charge is -2.36. The Morgan fingerprint density at radius 3 is 2.43 bits per heavy atom. The van der Waals surface area contributed by atoms with Gasteiger partial charge in [-0.1, -0.05) is 36.7 Å². The van der Waals surface area contributed by atoms with E-state index >= 15 is 0 Å². The summed E-state index contributed by atoms with van der Waals surface area (Å²) in [5, 5.41) is 2.89. The maximum atomic E-state index is 6.39.